The van der Waals surface area contributed by atoms with E-state index in [9.17, 15) is 14.9 Å². The van der Waals surface area contributed by atoms with Crippen molar-refractivity contribution in [2.45, 2.75) is 20.8 Å². The van der Waals surface area contributed by atoms with Crippen LogP contribution in [0.15, 0.2) is 21.6 Å². The van der Waals surface area contributed by atoms with Crippen LogP contribution in [0.25, 0.3) is 11.6 Å². The van der Waals surface area contributed by atoms with Crippen LogP contribution in [0.4, 0.5) is 0 Å². The zero-order valence-corrected chi connectivity index (χ0v) is 14.5. The fraction of sp³-hybridized carbons (Fsp3) is 0.312. The monoisotopic (exact) mass is 332 g/mol. The molecule has 4 nitrogen and oxygen atoms in total. The van der Waals surface area contributed by atoms with Crippen molar-refractivity contribution in [2.24, 2.45) is 12.5 Å². The van der Waals surface area contributed by atoms with E-state index in [0.29, 0.717) is 9.20 Å². The van der Waals surface area contributed by atoms with E-state index < -0.39 is 5.41 Å². The summed E-state index contributed by atoms with van der Waals surface area (Å²) in [5, 5.41) is 13.2. The van der Waals surface area contributed by atoms with Crippen LogP contribution < -0.4 is 14.8 Å². The second kappa shape index (κ2) is 6.03. The number of hydrogen-bond donors (Lipinski definition) is 0. The third-order valence-electron chi connectivity index (χ3n) is 3.10. The molecule has 2 aromatic heterocycles. The molecule has 0 bridgehead atoms. The lowest BCUT2D eigenvalue weighted by Crippen LogP contribution is -2.32. The Bertz CT molecular complexity index is 917. The number of rotatable bonds is 2. The smallest absolute Gasteiger partial charge is 0.268 e. The molecule has 22 heavy (non-hydrogen) atoms. The third-order valence-corrected chi connectivity index (χ3v) is 4.99. The zero-order chi connectivity index (χ0) is 16.5. The number of nitriles is 1. The number of Topliss-reactive ketones (excluding diaryl/α,β-unsaturated/α-hetero) is 1. The van der Waals surface area contributed by atoms with E-state index in [1.54, 1.807) is 45.2 Å². The van der Waals surface area contributed by atoms with Crippen molar-refractivity contribution in [1.29, 1.82) is 5.26 Å². The molecular formula is C16H16N2O2S2. The molecule has 0 saturated heterocycles. The van der Waals surface area contributed by atoms with Gasteiger partial charge in [0.15, 0.2) is 5.78 Å². The Morgan fingerprint density at radius 3 is 2.59 bits per heavy atom. The standard InChI is InChI=1S/C16H16N2O2S2/c1-16(2,3)13(19)11(8-17)15-18(4)14(20)12(22-15)7-10-5-6-21-9-10/h5-7,9H,1-4H3/b12-7+,15-11-. The Labute approximate surface area is 136 Å². The van der Waals surface area contributed by atoms with Gasteiger partial charge >= 0.3 is 0 Å². The van der Waals surface area contributed by atoms with E-state index in [1.165, 1.54) is 15.9 Å². The highest BCUT2D eigenvalue weighted by molar-refractivity contribution is 7.08. The second-order valence-corrected chi connectivity index (χ2v) is 7.71. The Morgan fingerprint density at radius 1 is 1.41 bits per heavy atom. The van der Waals surface area contributed by atoms with Gasteiger partial charge in [0.05, 0.1) is 4.53 Å². The topological polar surface area (TPSA) is 62.9 Å². The first-order chi connectivity index (χ1) is 10.3. The minimum Gasteiger partial charge on any atom is -0.301 e. The van der Waals surface area contributed by atoms with Crippen molar-refractivity contribution in [3.05, 3.63) is 41.9 Å². The number of ketones is 1. The molecule has 2 aromatic rings. The molecular weight excluding hydrogens is 316 g/mol. The Morgan fingerprint density at radius 2 is 2.09 bits per heavy atom. The highest BCUT2D eigenvalue weighted by Gasteiger charge is 2.26. The summed E-state index contributed by atoms with van der Waals surface area (Å²) in [6, 6.07) is 3.89. The van der Waals surface area contributed by atoms with Crippen LogP contribution in [0.1, 0.15) is 26.3 Å². The number of nitrogens with zero attached hydrogens (tertiary/aromatic N) is 2. The lowest BCUT2D eigenvalue weighted by atomic mass is 9.87. The van der Waals surface area contributed by atoms with Crippen LogP contribution in [0, 0.1) is 16.7 Å². The minimum atomic E-state index is -0.664. The molecule has 0 unspecified atom stereocenters. The van der Waals surface area contributed by atoms with E-state index >= 15 is 0 Å². The van der Waals surface area contributed by atoms with Gasteiger partial charge in [0.25, 0.3) is 5.56 Å². The molecule has 0 fully saturated rings. The highest BCUT2D eigenvalue weighted by Crippen LogP contribution is 2.19. The SMILES string of the molecule is Cn1c(=O)/c(=C\c2ccsc2)s/c1=C(/C#N)C(=O)C(C)(C)C. The van der Waals surface area contributed by atoms with Gasteiger partial charge in [-0.1, -0.05) is 20.8 Å². The third kappa shape index (κ3) is 3.11. The van der Waals surface area contributed by atoms with Crippen LogP contribution >= 0.6 is 22.7 Å². The molecule has 2 heterocycles. The van der Waals surface area contributed by atoms with Crippen LogP contribution in [-0.2, 0) is 11.8 Å². The summed E-state index contributed by atoms with van der Waals surface area (Å²) in [5.41, 5.74) is 0.126. The summed E-state index contributed by atoms with van der Waals surface area (Å²) in [6.45, 7) is 5.28. The van der Waals surface area contributed by atoms with E-state index in [0.717, 1.165) is 5.56 Å². The average Bonchev–Trinajstić information content (AvgIpc) is 3.04. The summed E-state index contributed by atoms with van der Waals surface area (Å²) in [6.07, 6.45) is 1.78. The minimum absolute atomic E-state index is 0.0436. The number of thiophene rings is 1. The number of aromatic nitrogens is 1. The number of thiazole rings is 1. The highest BCUT2D eigenvalue weighted by atomic mass is 32.1. The van der Waals surface area contributed by atoms with Crippen molar-refractivity contribution in [1.82, 2.24) is 4.57 Å². The van der Waals surface area contributed by atoms with Crippen molar-refractivity contribution in [3.63, 3.8) is 0 Å². The lowest BCUT2D eigenvalue weighted by Gasteiger charge is -2.15. The van der Waals surface area contributed by atoms with Crippen molar-refractivity contribution in [2.75, 3.05) is 0 Å². The fourth-order valence-corrected chi connectivity index (χ4v) is 3.57. The molecule has 6 heteroatoms. The Hall–Kier alpha value is -1.97. The maximum atomic E-state index is 12.4. The molecule has 0 atom stereocenters. The first kappa shape index (κ1) is 16.4. The quantitative estimate of drug-likeness (QED) is 0.840. The van der Waals surface area contributed by atoms with Gasteiger partial charge in [-0.25, -0.2) is 0 Å². The van der Waals surface area contributed by atoms with Gasteiger partial charge in [-0.3, -0.25) is 9.59 Å². The van der Waals surface area contributed by atoms with Crippen LogP contribution in [-0.4, -0.2) is 10.4 Å². The van der Waals surface area contributed by atoms with Gasteiger partial charge in [0.1, 0.15) is 16.3 Å². The summed E-state index contributed by atoms with van der Waals surface area (Å²) in [7, 11) is 1.59. The molecule has 0 aliphatic heterocycles. The van der Waals surface area contributed by atoms with E-state index in [1.807, 2.05) is 22.9 Å². The molecule has 0 saturated carbocycles. The molecule has 0 amide bonds. The molecule has 0 N–H and O–H groups in total. The zero-order valence-electron chi connectivity index (χ0n) is 12.8. The number of hydrogen-bond acceptors (Lipinski definition) is 5. The lowest BCUT2D eigenvalue weighted by molar-refractivity contribution is -0.120. The predicted molar refractivity (Wildman–Crippen MR) is 90.2 cm³/mol. The van der Waals surface area contributed by atoms with Crippen molar-refractivity contribution in [3.8, 4) is 6.07 Å². The van der Waals surface area contributed by atoms with Gasteiger partial charge < -0.3 is 4.57 Å². The van der Waals surface area contributed by atoms with Crippen LogP contribution in [0.5, 0.6) is 0 Å². The molecule has 0 radical (unpaired) electrons. The fourth-order valence-electron chi connectivity index (χ4n) is 1.86. The van der Waals surface area contributed by atoms with Gasteiger partial charge in [-0.05, 0) is 28.5 Å². The van der Waals surface area contributed by atoms with E-state index in [2.05, 4.69) is 0 Å². The summed E-state index contributed by atoms with van der Waals surface area (Å²) in [5.74, 6) is -0.256. The molecule has 0 aliphatic carbocycles. The predicted octanol–water partition coefficient (Wildman–Crippen LogP) is 1.63. The van der Waals surface area contributed by atoms with Crippen LogP contribution in [0.2, 0.25) is 0 Å². The average molecular weight is 332 g/mol. The van der Waals surface area contributed by atoms with Gasteiger partial charge in [0.2, 0.25) is 0 Å². The molecule has 114 valence electrons. The van der Waals surface area contributed by atoms with Gasteiger partial charge in [-0.2, -0.15) is 16.6 Å². The van der Waals surface area contributed by atoms with Crippen molar-refractivity contribution < 1.29 is 4.79 Å². The summed E-state index contributed by atoms with van der Waals surface area (Å²) < 4.78 is 2.31. The normalized spacial score (nSPS) is 13.9. The molecule has 0 spiro atoms. The second-order valence-electron chi connectivity index (χ2n) is 5.90. The Balaban J connectivity index is 2.78. The summed E-state index contributed by atoms with van der Waals surface area (Å²) in [4.78, 5) is 24.7. The molecule has 0 aromatic carbocycles. The van der Waals surface area contributed by atoms with Gasteiger partial charge in [0, 0.05) is 12.5 Å². The number of carbonyl (C=O) groups is 1. The molecule has 0 aliphatic rings. The van der Waals surface area contributed by atoms with E-state index in [-0.39, 0.29) is 16.9 Å². The van der Waals surface area contributed by atoms with Crippen molar-refractivity contribution >= 4 is 40.1 Å². The molecule has 2 rings (SSSR count). The summed E-state index contributed by atoms with van der Waals surface area (Å²) >= 11 is 2.73. The first-order valence-electron chi connectivity index (χ1n) is 6.64. The van der Waals surface area contributed by atoms with E-state index in [4.69, 9.17) is 0 Å². The maximum absolute atomic E-state index is 12.4. The largest absolute Gasteiger partial charge is 0.301 e. The maximum Gasteiger partial charge on any atom is 0.268 e. The number of carbonyl (C=O) groups excluding carboxylic acids is 1. The van der Waals surface area contributed by atoms with Crippen LogP contribution in [0.3, 0.4) is 0 Å². The Kier molecular flexibility index (Phi) is 4.50. The first-order valence-corrected chi connectivity index (χ1v) is 8.40. The van der Waals surface area contributed by atoms with Gasteiger partial charge in [-0.15, -0.1) is 11.3 Å².